The molecule has 2 saturated heterocycles. The third-order valence-electron chi connectivity index (χ3n) is 10.5. The molecule has 0 aromatic carbocycles. The molecule has 25 heavy (non-hydrogen) atoms. The minimum atomic E-state index is -0.0407. The van der Waals surface area contributed by atoms with Gasteiger partial charge in [-0.1, -0.05) is 20.3 Å². The first-order valence-corrected chi connectivity index (χ1v) is 11.1. The van der Waals surface area contributed by atoms with E-state index in [2.05, 4.69) is 18.7 Å². The Bertz CT molecular complexity index is 595. The number of piperidine rings is 1. The Labute approximate surface area is 152 Å². The van der Waals surface area contributed by atoms with E-state index in [4.69, 9.17) is 4.74 Å². The van der Waals surface area contributed by atoms with Crippen molar-refractivity contribution >= 4 is 0 Å². The van der Waals surface area contributed by atoms with Crippen molar-refractivity contribution < 1.29 is 9.84 Å². The van der Waals surface area contributed by atoms with Gasteiger partial charge in [0.05, 0.1) is 12.7 Å². The molecule has 3 heteroatoms. The van der Waals surface area contributed by atoms with Crippen molar-refractivity contribution in [3.05, 3.63) is 0 Å². The minimum Gasteiger partial charge on any atom is -0.392 e. The summed E-state index contributed by atoms with van der Waals surface area (Å²) >= 11 is 0. The second-order valence-corrected chi connectivity index (χ2v) is 11.0. The van der Waals surface area contributed by atoms with Crippen LogP contribution in [0.4, 0.5) is 0 Å². The maximum Gasteiger partial charge on any atom is 0.116 e. The van der Waals surface area contributed by atoms with Crippen LogP contribution in [0.1, 0.15) is 65.2 Å². The van der Waals surface area contributed by atoms with Gasteiger partial charge in [-0.2, -0.15) is 0 Å². The van der Waals surface area contributed by atoms with Crippen molar-refractivity contribution in [2.75, 3.05) is 19.7 Å². The summed E-state index contributed by atoms with van der Waals surface area (Å²) in [6.45, 7) is 8.23. The molecule has 1 unspecified atom stereocenters. The summed E-state index contributed by atoms with van der Waals surface area (Å²) < 4.78 is 6.30. The molecule has 4 bridgehead atoms. The van der Waals surface area contributed by atoms with Crippen molar-refractivity contribution in [3.63, 3.8) is 0 Å². The smallest absolute Gasteiger partial charge is 0.116 e. The van der Waals surface area contributed by atoms with E-state index in [1.165, 1.54) is 57.9 Å². The Morgan fingerprint density at radius 2 is 1.92 bits per heavy atom. The predicted octanol–water partition coefficient (Wildman–Crippen LogP) is 3.66. The van der Waals surface area contributed by atoms with Crippen molar-refractivity contribution in [2.24, 2.45) is 39.9 Å². The average Bonchev–Trinajstić information content (AvgIpc) is 3.13. The molecule has 0 radical (unpaired) electrons. The molecule has 1 N–H and O–H groups in total. The van der Waals surface area contributed by atoms with Crippen molar-refractivity contribution in [2.45, 2.75) is 77.5 Å². The molecule has 1 spiro atoms. The number of hydrogen-bond acceptors (Lipinski definition) is 3. The highest BCUT2D eigenvalue weighted by molar-refractivity contribution is 5.20. The fraction of sp³-hybridized carbons (Fsp3) is 1.00. The van der Waals surface area contributed by atoms with Crippen LogP contribution in [-0.2, 0) is 4.74 Å². The Kier molecular flexibility index (Phi) is 3.07. The number of hydrogen-bond donors (Lipinski definition) is 1. The molecular weight excluding hydrogens is 310 g/mol. The minimum absolute atomic E-state index is 0.0407. The van der Waals surface area contributed by atoms with Crippen LogP contribution >= 0.6 is 0 Å². The first-order valence-electron chi connectivity index (χ1n) is 11.1. The predicted molar refractivity (Wildman–Crippen MR) is 96.9 cm³/mol. The zero-order valence-electron chi connectivity index (χ0n) is 16.0. The molecule has 140 valence electrons. The largest absolute Gasteiger partial charge is 0.392 e. The van der Waals surface area contributed by atoms with Gasteiger partial charge >= 0.3 is 0 Å². The van der Waals surface area contributed by atoms with Gasteiger partial charge < -0.3 is 9.84 Å². The number of aliphatic hydroxyl groups excluding tert-OH is 1. The average molecular weight is 346 g/mol. The molecule has 2 heterocycles. The topological polar surface area (TPSA) is 32.7 Å². The van der Waals surface area contributed by atoms with Gasteiger partial charge in [0.15, 0.2) is 0 Å². The lowest BCUT2D eigenvalue weighted by Crippen LogP contribution is -2.70. The lowest BCUT2D eigenvalue weighted by Gasteiger charge is -2.70. The van der Waals surface area contributed by atoms with Crippen LogP contribution in [0.15, 0.2) is 0 Å². The van der Waals surface area contributed by atoms with Crippen LogP contribution in [0.5, 0.6) is 0 Å². The molecule has 0 amide bonds. The van der Waals surface area contributed by atoms with Gasteiger partial charge in [-0.05, 0) is 74.0 Å². The van der Waals surface area contributed by atoms with E-state index in [1.54, 1.807) is 0 Å². The Morgan fingerprint density at radius 1 is 1.04 bits per heavy atom. The van der Waals surface area contributed by atoms with Gasteiger partial charge in [-0.25, -0.2) is 0 Å². The first kappa shape index (κ1) is 15.9. The van der Waals surface area contributed by atoms with Crippen LogP contribution in [-0.4, -0.2) is 42.0 Å². The first-order chi connectivity index (χ1) is 12.0. The van der Waals surface area contributed by atoms with Gasteiger partial charge in [0.25, 0.3) is 0 Å². The van der Waals surface area contributed by atoms with E-state index in [-0.39, 0.29) is 11.5 Å². The van der Waals surface area contributed by atoms with Crippen LogP contribution in [0, 0.1) is 39.9 Å². The maximum absolute atomic E-state index is 11.4. The number of nitrogens with zero attached hydrogens (tertiary/aromatic N) is 1. The normalized spacial score (nSPS) is 63.0. The lowest BCUT2D eigenvalue weighted by molar-refractivity contribution is -0.260. The monoisotopic (exact) mass is 345 g/mol. The van der Waals surface area contributed by atoms with Crippen molar-refractivity contribution in [3.8, 4) is 0 Å². The Morgan fingerprint density at radius 3 is 2.80 bits per heavy atom. The maximum atomic E-state index is 11.4. The van der Waals surface area contributed by atoms with Crippen LogP contribution in [0.3, 0.4) is 0 Å². The highest BCUT2D eigenvalue weighted by atomic mass is 16.5. The number of aliphatic hydroxyl groups is 1. The third kappa shape index (κ3) is 1.66. The summed E-state index contributed by atoms with van der Waals surface area (Å²) in [4.78, 5) is 2.71. The van der Waals surface area contributed by atoms with Gasteiger partial charge in [0.1, 0.15) is 6.23 Å². The SMILES string of the molecule is C[C@@H]1[C@@H]2CC[C@@H]3[C@@](CC[C@H]4[C@@]35CCC[C@@]4(C)C3OCCN3C5)(C2)[C@@H]1O. The molecule has 6 aliphatic rings. The molecule has 6 fully saturated rings. The molecule has 9 atom stereocenters. The van der Waals surface area contributed by atoms with E-state index in [9.17, 15) is 5.11 Å². The van der Waals surface area contributed by atoms with Crippen LogP contribution < -0.4 is 0 Å². The molecule has 4 saturated carbocycles. The van der Waals surface area contributed by atoms with E-state index in [0.29, 0.717) is 23.0 Å². The van der Waals surface area contributed by atoms with Gasteiger partial charge in [0.2, 0.25) is 0 Å². The molecule has 0 aromatic heterocycles. The molecule has 2 aliphatic heterocycles. The Balaban J connectivity index is 1.48. The lowest BCUT2D eigenvalue weighted by atomic mass is 9.38. The number of rotatable bonds is 0. The highest BCUT2D eigenvalue weighted by Gasteiger charge is 2.72. The fourth-order valence-electron chi connectivity index (χ4n) is 9.74. The molecule has 0 aromatic rings. The van der Waals surface area contributed by atoms with Gasteiger partial charge in [-0.15, -0.1) is 0 Å². The van der Waals surface area contributed by atoms with E-state index < -0.39 is 0 Å². The highest BCUT2D eigenvalue weighted by Crippen LogP contribution is 2.74. The van der Waals surface area contributed by atoms with E-state index >= 15 is 0 Å². The van der Waals surface area contributed by atoms with E-state index in [0.717, 1.165) is 30.9 Å². The number of fused-ring (bicyclic) bond motifs is 3. The van der Waals surface area contributed by atoms with Gasteiger partial charge in [-0.3, -0.25) is 4.90 Å². The molecule has 4 aliphatic carbocycles. The molecule has 3 nitrogen and oxygen atoms in total. The molecular formula is C22H35NO2. The third-order valence-corrected chi connectivity index (χ3v) is 10.5. The Hall–Kier alpha value is -0.120. The van der Waals surface area contributed by atoms with Crippen LogP contribution in [0.2, 0.25) is 0 Å². The second kappa shape index (κ2) is 4.83. The van der Waals surface area contributed by atoms with E-state index in [1.807, 2.05) is 0 Å². The van der Waals surface area contributed by atoms with Crippen LogP contribution in [0.25, 0.3) is 0 Å². The quantitative estimate of drug-likeness (QED) is 0.727. The standard InChI is InChI=1S/C22H35NO2/c1-14-15-4-5-17-21(12-15,18(14)24)9-6-16-20(2)7-3-8-22(16,17)13-23-10-11-25-19(20)23/h14-19,24H,3-13H2,1-2H3/t14-,15-,16-,17-,18-,19?,20-,21-,22+/m1/s1. The van der Waals surface area contributed by atoms with Crippen molar-refractivity contribution in [1.29, 1.82) is 0 Å². The summed E-state index contributed by atoms with van der Waals surface area (Å²) in [7, 11) is 0. The summed E-state index contributed by atoms with van der Waals surface area (Å²) in [5.74, 6) is 2.90. The number of ether oxygens (including phenoxy) is 1. The van der Waals surface area contributed by atoms with Gasteiger partial charge in [0, 0.05) is 23.9 Å². The fourth-order valence-corrected chi connectivity index (χ4v) is 9.74. The summed E-state index contributed by atoms with van der Waals surface area (Å²) in [5.41, 5.74) is 1.07. The summed E-state index contributed by atoms with van der Waals surface area (Å²) in [6.07, 6.45) is 11.2. The zero-order chi connectivity index (χ0) is 17.0. The van der Waals surface area contributed by atoms with Crippen molar-refractivity contribution in [1.82, 2.24) is 4.90 Å². The summed E-state index contributed by atoms with van der Waals surface area (Å²) in [5, 5.41) is 11.4. The zero-order valence-corrected chi connectivity index (χ0v) is 16.0. The molecule has 6 rings (SSSR count). The summed E-state index contributed by atoms with van der Waals surface area (Å²) in [6, 6.07) is 0. The second-order valence-electron chi connectivity index (χ2n) is 11.0.